The van der Waals surface area contributed by atoms with E-state index in [0.29, 0.717) is 0 Å². The van der Waals surface area contributed by atoms with Gasteiger partial charge in [0.15, 0.2) is 0 Å². The summed E-state index contributed by atoms with van der Waals surface area (Å²) < 4.78 is 0.985. The maximum absolute atomic E-state index is 4.89. The van der Waals surface area contributed by atoms with Gasteiger partial charge in [0, 0.05) is 22.7 Å². The van der Waals surface area contributed by atoms with Crippen molar-refractivity contribution in [2.45, 2.75) is 13.3 Å². The van der Waals surface area contributed by atoms with E-state index in [1.807, 2.05) is 12.3 Å². The van der Waals surface area contributed by atoms with Gasteiger partial charge >= 0.3 is 0 Å². The van der Waals surface area contributed by atoms with Crippen LogP contribution in [0.1, 0.15) is 30.0 Å². The molecular weight excluding hydrogens is 538 g/mol. The minimum absolute atomic E-state index is 0.784. The number of benzene rings is 5. The molecular formula is C37H28BrN. The molecule has 0 aliphatic carbocycles. The van der Waals surface area contributed by atoms with Gasteiger partial charge in [-0.25, -0.2) is 0 Å². The highest BCUT2D eigenvalue weighted by molar-refractivity contribution is 9.11. The largest absolute Gasteiger partial charge is 0.259 e. The van der Waals surface area contributed by atoms with Gasteiger partial charge in [-0.1, -0.05) is 128 Å². The van der Waals surface area contributed by atoms with E-state index < -0.39 is 0 Å². The maximum Gasteiger partial charge on any atom is 0.0526 e. The van der Waals surface area contributed by atoms with Crippen molar-refractivity contribution in [3.05, 3.63) is 143 Å². The summed E-state index contributed by atoms with van der Waals surface area (Å²) >= 11 is 3.58. The van der Waals surface area contributed by atoms with Crippen molar-refractivity contribution in [2.24, 2.45) is 4.99 Å². The average molecular weight is 567 g/mol. The second kappa shape index (κ2) is 10.8. The fourth-order valence-electron chi connectivity index (χ4n) is 5.62. The van der Waals surface area contributed by atoms with E-state index in [2.05, 4.69) is 145 Å². The molecule has 0 bridgehead atoms. The Morgan fingerprint density at radius 3 is 1.97 bits per heavy atom. The third-order valence-electron chi connectivity index (χ3n) is 7.33. The summed E-state index contributed by atoms with van der Waals surface area (Å²) in [5.41, 5.74) is 9.48. The van der Waals surface area contributed by atoms with Crippen molar-refractivity contribution in [1.29, 1.82) is 0 Å². The number of allylic oxidation sites excluding steroid dienone is 4. The Morgan fingerprint density at radius 1 is 0.744 bits per heavy atom. The summed E-state index contributed by atoms with van der Waals surface area (Å²) in [6, 6.07) is 32.9. The molecule has 0 aromatic heterocycles. The van der Waals surface area contributed by atoms with Crippen molar-refractivity contribution in [3.8, 4) is 22.3 Å². The molecule has 6 rings (SSSR count). The van der Waals surface area contributed by atoms with Gasteiger partial charge in [-0.15, -0.1) is 0 Å². The lowest BCUT2D eigenvalue weighted by molar-refractivity contribution is 1.43. The molecule has 1 nitrogen and oxygen atoms in total. The molecule has 2 heteroatoms. The Labute approximate surface area is 238 Å². The molecule has 5 aromatic carbocycles. The van der Waals surface area contributed by atoms with E-state index in [-0.39, 0.29) is 0 Å². The van der Waals surface area contributed by atoms with Crippen LogP contribution in [0.3, 0.4) is 0 Å². The normalized spacial score (nSPS) is 13.5. The van der Waals surface area contributed by atoms with Crippen LogP contribution in [0.5, 0.6) is 0 Å². The molecule has 0 amide bonds. The number of halogens is 1. The second-order valence-electron chi connectivity index (χ2n) is 9.63. The van der Waals surface area contributed by atoms with Crippen LogP contribution < -0.4 is 0 Å². The van der Waals surface area contributed by atoms with E-state index in [0.717, 1.165) is 22.2 Å². The van der Waals surface area contributed by atoms with Gasteiger partial charge in [0.1, 0.15) is 0 Å². The highest BCUT2D eigenvalue weighted by Gasteiger charge is 2.18. The fraction of sp³-hybridized carbons (Fsp3) is 0.0541. The minimum atomic E-state index is 0.784. The lowest BCUT2D eigenvalue weighted by Gasteiger charge is -2.18. The van der Waals surface area contributed by atoms with Crippen LogP contribution in [0.4, 0.5) is 0 Å². The standard InChI is InChI=1S/C37H28BrN/c1-3-11-29-25(4-2)12-9-18-30(29)26-20-22-27(23-21-26)36-31-14-5-7-16-33(31)37(34-17-8-6-15-32(34)36)35-19-10-13-28(38)24-39-35/h3-18,20-24H,2,19H2,1H3/b11-3-. The monoisotopic (exact) mass is 565 g/mol. The summed E-state index contributed by atoms with van der Waals surface area (Å²) in [6.45, 7) is 6.07. The van der Waals surface area contributed by atoms with E-state index >= 15 is 0 Å². The quantitative estimate of drug-likeness (QED) is 0.188. The van der Waals surface area contributed by atoms with Crippen LogP contribution in [0.15, 0.2) is 131 Å². The minimum Gasteiger partial charge on any atom is -0.259 e. The summed E-state index contributed by atoms with van der Waals surface area (Å²) in [6.07, 6.45) is 13.1. The SMILES string of the molecule is C=Cc1cccc(-c2ccc(-c3c4ccccc4c(C4=NC=C(Br)C=CC4)c4ccccc34)cc2)c1/C=C\C. The highest BCUT2D eigenvalue weighted by Crippen LogP contribution is 2.41. The predicted octanol–water partition coefficient (Wildman–Crippen LogP) is 11.0. The first-order chi connectivity index (χ1) is 19.2. The van der Waals surface area contributed by atoms with Crippen LogP contribution >= 0.6 is 15.9 Å². The lowest BCUT2D eigenvalue weighted by atomic mass is 9.85. The van der Waals surface area contributed by atoms with Gasteiger partial charge in [0.25, 0.3) is 0 Å². The number of aliphatic imine (C=N–C) groups is 1. The van der Waals surface area contributed by atoms with E-state index in [1.165, 1.54) is 54.9 Å². The Balaban J connectivity index is 1.57. The Hall–Kier alpha value is -4.27. The molecule has 39 heavy (non-hydrogen) atoms. The summed E-state index contributed by atoms with van der Waals surface area (Å²) in [4.78, 5) is 4.89. The third kappa shape index (κ3) is 4.62. The Bertz CT molecular complexity index is 1790. The molecule has 188 valence electrons. The number of hydrogen-bond donors (Lipinski definition) is 0. The molecule has 0 unspecified atom stereocenters. The van der Waals surface area contributed by atoms with Gasteiger partial charge in [0.05, 0.1) is 5.71 Å². The third-order valence-corrected chi connectivity index (χ3v) is 7.80. The van der Waals surface area contributed by atoms with Gasteiger partial charge in [-0.05, 0) is 77.8 Å². The molecule has 0 spiro atoms. The molecule has 0 saturated carbocycles. The number of hydrogen-bond acceptors (Lipinski definition) is 1. The number of nitrogens with zero attached hydrogens (tertiary/aromatic N) is 1. The topological polar surface area (TPSA) is 12.4 Å². The number of rotatable bonds is 5. The molecule has 1 aliphatic rings. The van der Waals surface area contributed by atoms with Crippen LogP contribution in [-0.4, -0.2) is 5.71 Å². The Kier molecular flexibility index (Phi) is 6.96. The molecule has 1 heterocycles. The van der Waals surface area contributed by atoms with Gasteiger partial charge < -0.3 is 0 Å². The highest BCUT2D eigenvalue weighted by atomic mass is 79.9. The van der Waals surface area contributed by atoms with Gasteiger partial charge in [-0.3, -0.25) is 4.99 Å². The summed E-state index contributed by atoms with van der Waals surface area (Å²) in [5.74, 6) is 0. The zero-order chi connectivity index (χ0) is 26.8. The molecule has 0 N–H and O–H groups in total. The van der Waals surface area contributed by atoms with Gasteiger partial charge in [0.2, 0.25) is 0 Å². The molecule has 0 atom stereocenters. The molecule has 0 saturated heterocycles. The molecule has 0 radical (unpaired) electrons. The van der Waals surface area contributed by atoms with Crippen LogP contribution in [0.25, 0.3) is 56.0 Å². The number of fused-ring (bicyclic) bond motifs is 2. The van der Waals surface area contributed by atoms with Crippen molar-refractivity contribution >= 4 is 55.3 Å². The molecule has 1 aliphatic heterocycles. The van der Waals surface area contributed by atoms with Gasteiger partial charge in [-0.2, -0.15) is 0 Å². The van der Waals surface area contributed by atoms with Crippen molar-refractivity contribution in [1.82, 2.24) is 0 Å². The van der Waals surface area contributed by atoms with Crippen molar-refractivity contribution in [2.75, 3.05) is 0 Å². The summed E-state index contributed by atoms with van der Waals surface area (Å²) in [5, 5.41) is 4.92. The van der Waals surface area contributed by atoms with Crippen molar-refractivity contribution in [3.63, 3.8) is 0 Å². The zero-order valence-electron chi connectivity index (χ0n) is 21.9. The lowest BCUT2D eigenvalue weighted by Crippen LogP contribution is -2.03. The smallest absolute Gasteiger partial charge is 0.0526 e. The van der Waals surface area contributed by atoms with Crippen LogP contribution in [-0.2, 0) is 0 Å². The first-order valence-corrected chi connectivity index (χ1v) is 14.0. The van der Waals surface area contributed by atoms with E-state index in [9.17, 15) is 0 Å². The average Bonchev–Trinajstić information content (AvgIpc) is 3.20. The van der Waals surface area contributed by atoms with E-state index in [1.54, 1.807) is 0 Å². The molecule has 5 aromatic rings. The maximum atomic E-state index is 4.89. The Morgan fingerprint density at radius 2 is 1.36 bits per heavy atom. The van der Waals surface area contributed by atoms with Crippen LogP contribution in [0.2, 0.25) is 0 Å². The van der Waals surface area contributed by atoms with Crippen molar-refractivity contribution < 1.29 is 0 Å². The summed E-state index contributed by atoms with van der Waals surface area (Å²) in [7, 11) is 0. The predicted molar refractivity (Wildman–Crippen MR) is 174 cm³/mol. The van der Waals surface area contributed by atoms with Crippen LogP contribution in [0, 0.1) is 0 Å². The fourth-order valence-corrected chi connectivity index (χ4v) is 5.91. The first kappa shape index (κ1) is 25.0. The second-order valence-corrected chi connectivity index (χ2v) is 10.5. The first-order valence-electron chi connectivity index (χ1n) is 13.2. The zero-order valence-corrected chi connectivity index (χ0v) is 23.4. The molecule has 0 fully saturated rings. The van der Waals surface area contributed by atoms with E-state index in [4.69, 9.17) is 4.99 Å².